The smallest absolute Gasteiger partial charge is 0.335 e. The van der Waals surface area contributed by atoms with Gasteiger partial charge < -0.3 is 19.0 Å². The van der Waals surface area contributed by atoms with Crippen LogP contribution in [-0.4, -0.2) is 19.5 Å². The number of ether oxygens (including phenoxy) is 1. The molecule has 0 spiro atoms. The molecule has 0 aliphatic heterocycles. The maximum atomic E-state index is 12.6. The lowest BCUT2D eigenvalue weighted by Crippen LogP contribution is -2.12. The number of amides is 1. The highest BCUT2D eigenvalue weighted by atomic mass is 32.1. The molecule has 2 aromatic heterocycles. The minimum absolute atomic E-state index is 0.326. The van der Waals surface area contributed by atoms with Crippen LogP contribution in [0.5, 0.6) is 11.5 Å². The van der Waals surface area contributed by atoms with Crippen LogP contribution in [0.15, 0.2) is 57.5 Å². The molecule has 4 rings (SSSR count). The molecule has 4 aromatic rings. The van der Waals surface area contributed by atoms with E-state index in [0.29, 0.717) is 34.2 Å². The van der Waals surface area contributed by atoms with Crippen molar-refractivity contribution in [3.05, 3.63) is 71.2 Å². The monoisotopic (exact) mass is 426 g/mol. The number of anilines is 1. The molecular formula is C21H18N2O6S. The molecule has 0 atom stereocenters. The van der Waals surface area contributed by atoms with Crippen molar-refractivity contribution in [3.8, 4) is 11.5 Å². The van der Waals surface area contributed by atoms with Crippen molar-refractivity contribution in [1.82, 2.24) is 5.16 Å². The van der Waals surface area contributed by atoms with Gasteiger partial charge in [-0.1, -0.05) is 22.9 Å². The Balaban J connectivity index is 0.000000806. The van der Waals surface area contributed by atoms with E-state index < -0.39 is 11.6 Å². The van der Waals surface area contributed by atoms with E-state index in [-0.39, 0.29) is 5.91 Å². The van der Waals surface area contributed by atoms with E-state index >= 15 is 0 Å². The summed E-state index contributed by atoms with van der Waals surface area (Å²) in [6, 6.07) is 14.6. The maximum absolute atomic E-state index is 12.6. The minimum atomic E-state index is -0.750. The van der Waals surface area contributed by atoms with Crippen molar-refractivity contribution in [1.29, 1.82) is 0 Å². The lowest BCUT2D eigenvalue weighted by Gasteiger charge is -2.09. The van der Waals surface area contributed by atoms with Gasteiger partial charge >= 0.3 is 11.6 Å². The van der Waals surface area contributed by atoms with Crippen LogP contribution in [0.1, 0.15) is 27.4 Å². The van der Waals surface area contributed by atoms with Gasteiger partial charge in [-0.3, -0.25) is 4.79 Å². The van der Waals surface area contributed by atoms with Crippen LogP contribution < -0.4 is 10.1 Å². The number of nitrogens with one attached hydrogen (secondary N) is 1. The normalized spacial score (nSPS) is 10.2. The fourth-order valence-corrected chi connectivity index (χ4v) is 2.80. The Kier molecular flexibility index (Phi) is 6.43. The predicted molar refractivity (Wildman–Crippen MR) is 110 cm³/mol. The fraction of sp³-hybridized carbons (Fsp3) is 0.143. The molecule has 154 valence electrons. The zero-order valence-corrected chi connectivity index (χ0v) is 17.2. The van der Waals surface area contributed by atoms with Crippen molar-refractivity contribution < 1.29 is 26.9 Å². The van der Waals surface area contributed by atoms with Crippen LogP contribution in [0, 0.1) is 20.8 Å². The average molecular weight is 426 g/mol. The first-order valence-electron chi connectivity index (χ1n) is 8.85. The van der Waals surface area contributed by atoms with Gasteiger partial charge in [-0.15, -0.1) is 0 Å². The molecule has 1 N–H and O–H groups in total. The van der Waals surface area contributed by atoms with Gasteiger partial charge in [-0.05, 0) is 51.1 Å². The molecule has 0 aliphatic rings. The molecular weight excluding hydrogens is 408 g/mol. The summed E-state index contributed by atoms with van der Waals surface area (Å²) < 4.78 is 33.3. The highest BCUT2D eigenvalue weighted by Crippen LogP contribution is 2.34. The number of carbonyl (C=O) groups is 1. The second kappa shape index (κ2) is 9.19. The van der Waals surface area contributed by atoms with Crippen molar-refractivity contribution >= 4 is 34.3 Å². The van der Waals surface area contributed by atoms with E-state index in [9.17, 15) is 4.79 Å². The van der Waals surface area contributed by atoms with Crippen LogP contribution in [-0.2, 0) is 11.6 Å². The fourth-order valence-electron chi connectivity index (χ4n) is 2.80. The SMILES string of the molecule is Cc1ccc(Oc2cc(C(=O)Nc3cc(C)on3)cc3oc(C)cc23)cc1.O=S=O. The summed E-state index contributed by atoms with van der Waals surface area (Å²) in [5.41, 5.74) is 2.13. The van der Waals surface area contributed by atoms with E-state index in [1.165, 1.54) is 0 Å². The van der Waals surface area contributed by atoms with Gasteiger partial charge in [-0.25, -0.2) is 0 Å². The van der Waals surface area contributed by atoms with Crippen molar-refractivity contribution in [2.75, 3.05) is 5.32 Å². The number of furan rings is 1. The first-order chi connectivity index (χ1) is 14.4. The predicted octanol–water partition coefficient (Wildman–Crippen LogP) is 4.72. The van der Waals surface area contributed by atoms with Crippen LogP contribution in [0.4, 0.5) is 5.82 Å². The summed E-state index contributed by atoms with van der Waals surface area (Å²) in [7, 11) is 0. The van der Waals surface area contributed by atoms with Gasteiger partial charge in [0.1, 0.15) is 28.6 Å². The Bertz CT molecular complexity index is 1220. The average Bonchev–Trinajstić information content (AvgIpc) is 3.28. The Morgan fingerprint density at radius 1 is 1.00 bits per heavy atom. The number of aryl methyl sites for hydroxylation is 3. The topological polar surface area (TPSA) is 112 Å². The lowest BCUT2D eigenvalue weighted by molar-refractivity contribution is 0.102. The molecule has 0 saturated carbocycles. The van der Waals surface area contributed by atoms with Gasteiger partial charge in [0, 0.05) is 11.6 Å². The maximum Gasteiger partial charge on any atom is 0.335 e. The molecule has 30 heavy (non-hydrogen) atoms. The molecule has 0 saturated heterocycles. The lowest BCUT2D eigenvalue weighted by atomic mass is 10.1. The Morgan fingerprint density at radius 3 is 2.33 bits per heavy atom. The zero-order chi connectivity index (χ0) is 21.7. The summed E-state index contributed by atoms with van der Waals surface area (Å²) in [4.78, 5) is 12.6. The number of hydrogen-bond donors (Lipinski definition) is 1. The highest BCUT2D eigenvalue weighted by molar-refractivity contribution is 7.51. The van der Waals surface area contributed by atoms with E-state index in [1.54, 1.807) is 25.1 Å². The summed E-state index contributed by atoms with van der Waals surface area (Å²) >= 11 is -0.750. The second-order valence-corrected chi connectivity index (χ2v) is 6.64. The molecule has 2 heterocycles. The van der Waals surface area contributed by atoms with E-state index in [2.05, 4.69) is 10.5 Å². The molecule has 2 aromatic carbocycles. The summed E-state index contributed by atoms with van der Waals surface area (Å²) in [5, 5.41) is 7.30. The first-order valence-corrected chi connectivity index (χ1v) is 9.51. The van der Waals surface area contributed by atoms with Crippen LogP contribution in [0.3, 0.4) is 0 Å². The number of fused-ring (bicyclic) bond motifs is 1. The number of benzene rings is 2. The molecule has 0 radical (unpaired) electrons. The largest absolute Gasteiger partial charge is 0.461 e. The summed E-state index contributed by atoms with van der Waals surface area (Å²) in [6.07, 6.45) is 0. The Labute approximate surface area is 175 Å². The Hall–Kier alpha value is -3.72. The zero-order valence-electron chi connectivity index (χ0n) is 16.4. The minimum Gasteiger partial charge on any atom is -0.461 e. The third kappa shape index (κ3) is 5.00. The van der Waals surface area contributed by atoms with Crippen LogP contribution in [0.25, 0.3) is 11.0 Å². The molecule has 0 aliphatic carbocycles. The van der Waals surface area contributed by atoms with Gasteiger partial charge in [-0.2, -0.15) is 8.42 Å². The number of carbonyl (C=O) groups excluding carboxylic acids is 1. The number of nitrogens with zero attached hydrogens (tertiary/aromatic N) is 1. The standard InChI is InChI=1S/C21H18N2O4.O2S/c1-12-4-6-16(7-5-12)26-19-11-15(10-18-17(19)8-13(2)25-18)21(24)22-20-9-14(3)27-23-20;1-3-2/h4-11H,1-3H3,(H,22,23,24);. The van der Waals surface area contributed by atoms with Gasteiger partial charge in [0.15, 0.2) is 5.82 Å². The van der Waals surface area contributed by atoms with Crippen molar-refractivity contribution in [2.45, 2.75) is 20.8 Å². The molecule has 0 unspecified atom stereocenters. The number of aromatic nitrogens is 1. The first kappa shape index (κ1) is 21.0. The van der Waals surface area contributed by atoms with E-state index in [1.807, 2.05) is 44.2 Å². The molecule has 8 nitrogen and oxygen atoms in total. The third-order valence-electron chi connectivity index (χ3n) is 4.10. The molecule has 0 bridgehead atoms. The van der Waals surface area contributed by atoms with Crippen molar-refractivity contribution in [2.24, 2.45) is 0 Å². The van der Waals surface area contributed by atoms with Gasteiger partial charge in [0.2, 0.25) is 0 Å². The summed E-state index contributed by atoms with van der Waals surface area (Å²) in [5.74, 6) is 2.62. The number of hydrogen-bond acceptors (Lipinski definition) is 7. The quantitative estimate of drug-likeness (QED) is 0.502. The van der Waals surface area contributed by atoms with Crippen molar-refractivity contribution in [3.63, 3.8) is 0 Å². The van der Waals surface area contributed by atoms with Crippen LogP contribution in [0.2, 0.25) is 0 Å². The summed E-state index contributed by atoms with van der Waals surface area (Å²) in [6.45, 7) is 5.62. The van der Waals surface area contributed by atoms with Crippen LogP contribution >= 0.6 is 0 Å². The second-order valence-electron chi connectivity index (χ2n) is 6.50. The Morgan fingerprint density at radius 2 is 1.70 bits per heavy atom. The molecule has 0 fully saturated rings. The highest BCUT2D eigenvalue weighted by Gasteiger charge is 2.16. The van der Waals surface area contributed by atoms with E-state index in [4.69, 9.17) is 22.1 Å². The van der Waals surface area contributed by atoms with Gasteiger partial charge in [0.05, 0.1) is 5.39 Å². The third-order valence-corrected chi connectivity index (χ3v) is 4.10. The number of rotatable bonds is 4. The molecule has 1 amide bonds. The van der Waals surface area contributed by atoms with E-state index in [0.717, 1.165) is 16.7 Å². The van der Waals surface area contributed by atoms with Gasteiger partial charge in [0.25, 0.3) is 5.91 Å². The molecule has 9 heteroatoms.